The predicted molar refractivity (Wildman–Crippen MR) is 43.2 cm³/mol. The van der Waals surface area contributed by atoms with Crippen molar-refractivity contribution in [1.29, 1.82) is 0 Å². The molecule has 0 atom stereocenters. The lowest BCUT2D eigenvalue weighted by molar-refractivity contribution is 0.483. The lowest BCUT2D eigenvalue weighted by Gasteiger charge is -1.98. The van der Waals surface area contributed by atoms with Crippen molar-refractivity contribution < 1.29 is 17.7 Å². The Morgan fingerprint density at radius 3 is 2.08 bits per heavy atom. The maximum Gasteiger partial charge on any atom is 0.296 e. The summed E-state index contributed by atoms with van der Waals surface area (Å²) in [5.74, 6) is 0. The Labute approximate surface area is 69.1 Å². The van der Waals surface area contributed by atoms with Crippen molar-refractivity contribution in [2.45, 2.75) is 4.90 Å². The number of anilines is 1. The van der Waals surface area contributed by atoms with Crippen LogP contribution >= 0.6 is 0 Å². The Bertz CT molecular complexity index is 363. The minimum Gasteiger partial charge on any atom is -0.398 e. The molecule has 0 aliphatic carbocycles. The topological polar surface area (TPSA) is 80.4 Å². The van der Waals surface area contributed by atoms with E-state index in [4.69, 9.17) is 10.3 Å². The summed E-state index contributed by atoms with van der Waals surface area (Å²) in [5.41, 5.74) is 5.32. The van der Waals surface area contributed by atoms with Crippen molar-refractivity contribution in [3.63, 3.8) is 0 Å². The third-order valence-corrected chi connectivity index (χ3v) is 2.12. The molecule has 1 rings (SSSR count). The molecule has 0 saturated heterocycles. The highest BCUT2D eigenvalue weighted by Gasteiger charge is 2.11. The van der Waals surface area contributed by atoms with Crippen molar-refractivity contribution in [1.82, 2.24) is 0 Å². The molecule has 1 aromatic rings. The first kappa shape index (κ1) is 10.9. The van der Waals surface area contributed by atoms with E-state index in [1.54, 1.807) is 6.07 Å². The fourth-order valence-electron chi connectivity index (χ4n) is 0.715. The van der Waals surface area contributed by atoms with Crippen LogP contribution in [0, 0.1) is 0 Å². The van der Waals surface area contributed by atoms with E-state index in [1.165, 1.54) is 18.2 Å². The van der Waals surface area contributed by atoms with Crippen LogP contribution in [0.3, 0.4) is 0 Å². The highest BCUT2D eigenvalue weighted by Crippen LogP contribution is 2.15. The molecule has 0 saturated carbocycles. The molecule has 0 bridgehead atoms. The van der Waals surface area contributed by atoms with Crippen LogP contribution in [0.1, 0.15) is 0 Å². The van der Waals surface area contributed by atoms with Crippen molar-refractivity contribution in [3.8, 4) is 0 Å². The van der Waals surface area contributed by atoms with Crippen LogP contribution in [-0.4, -0.2) is 13.0 Å². The van der Waals surface area contributed by atoms with Crippen molar-refractivity contribution in [2.75, 3.05) is 5.73 Å². The zero-order chi connectivity index (χ0) is 8.48. The van der Waals surface area contributed by atoms with Gasteiger partial charge in [0.25, 0.3) is 10.1 Å². The second kappa shape index (κ2) is 3.51. The molecule has 0 aliphatic rings. The van der Waals surface area contributed by atoms with Gasteiger partial charge in [-0.25, -0.2) is 0 Å². The van der Waals surface area contributed by atoms with Gasteiger partial charge in [-0.1, -0.05) is 12.1 Å². The van der Waals surface area contributed by atoms with E-state index in [2.05, 4.69) is 0 Å². The average molecular weight is 193 g/mol. The van der Waals surface area contributed by atoms with E-state index in [-0.39, 0.29) is 15.3 Å². The van der Waals surface area contributed by atoms with Gasteiger partial charge in [0.1, 0.15) is 4.90 Å². The van der Waals surface area contributed by atoms with E-state index in [0.717, 1.165) is 0 Å². The van der Waals surface area contributed by atoms with E-state index < -0.39 is 10.1 Å². The molecular formula is C6H8FNO3S. The van der Waals surface area contributed by atoms with Gasteiger partial charge in [0, 0.05) is 0 Å². The minimum atomic E-state index is -4.16. The van der Waals surface area contributed by atoms with E-state index in [9.17, 15) is 8.42 Å². The number of halogens is 1. The average Bonchev–Trinajstić information content (AvgIpc) is 1.86. The Morgan fingerprint density at radius 1 is 1.25 bits per heavy atom. The molecule has 68 valence electrons. The zero-order valence-corrected chi connectivity index (χ0v) is 6.78. The van der Waals surface area contributed by atoms with E-state index in [1.807, 2.05) is 0 Å². The molecule has 6 heteroatoms. The fourth-order valence-corrected chi connectivity index (χ4v) is 1.33. The Hall–Kier alpha value is -1.14. The van der Waals surface area contributed by atoms with Crippen molar-refractivity contribution in [2.24, 2.45) is 0 Å². The predicted octanol–water partition coefficient (Wildman–Crippen LogP) is 0.668. The summed E-state index contributed by atoms with van der Waals surface area (Å²) in [6.07, 6.45) is 0. The largest absolute Gasteiger partial charge is 0.398 e. The smallest absolute Gasteiger partial charge is 0.296 e. The molecule has 0 aliphatic heterocycles. The number of para-hydroxylation sites is 1. The molecule has 0 spiro atoms. The Morgan fingerprint density at radius 2 is 1.75 bits per heavy atom. The highest BCUT2D eigenvalue weighted by molar-refractivity contribution is 7.86. The van der Waals surface area contributed by atoms with E-state index >= 15 is 0 Å². The molecule has 0 amide bonds. The number of nitrogen functional groups attached to an aromatic ring is 1. The maximum absolute atomic E-state index is 10.5. The summed E-state index contributed by atoms with van der Waals surface area (Å²) in [6.45, 7) is 0. The molecule has 1 aromatic carbocycles. The third-order valence-electron chi connectivity index (χ3n) is 1.20. The van der Waals surface area contributed by atoms with Crippen molar-refractivity contribution >= 4 is 15.8 Å². The SMILES string of the molecule is F.Nc1ccccc1S(=O)(=O)O. The molecule has 12 heavy (non-hydrogen) atoms. The van der Waals surface area contributed by atoms with Crippen molar-refractivity contribution in [3.05, 3.63) is 24.3 Å². The summed E-state index contributed by atoms with van der Waals surface area (Å²) < 4.78 is 29.6. The zero-order valence-electron chi connectivity index (χ0n) is 5.97. The fraction of sp³-hybridized carbons (Fsp3) is 0. The number of benzene rings is 1. The summed E-state index contributed by atoms with van der Waals surface area (Å²) in [5, 5.41) is 0. The normalized spacial score (nSPS) is 10.4. The summed E-state index contributed by atoms with van der Waals surface area (Å²) >= 11 is 0. The molecule has 4 nitrogen and oxygen atoms in total. The van der Waals surface area contributed by atoms with Gasteiger partial charge < -0.3 is 5.73 Å². The van der Waals surface area contributed by atoms with Gasteiger partial charge in [-0.3, -0.25) is 9.26 Å². The monoisotopic (exact) mass is 193 g/mol. The lowest BCUT2D eigenvalue weighted by Crippen LogP contribution is -2.01. The van der Waals surface area contributed by atoms with Gasteiger partial charge in [-0.2, -0.15) is 8.42 Å². The number of nitrogens with two attached hydrogens (primary N) is 1. The molecule has 0 aromatic heterocycles. The Balaban J connectivity index is 0.00000121. The Kier molecular flexibility index (Phi) is 3.17. The van der Waals surface area contributed by atoms with E-state index in [0.29, 0.717) is 0 Å². The van der Waals surface area contributed by atoms with Gasteiger partial charge in [0.2, 0.25) is 0 Å². The van der Waals surface area contributed by atoms with Crippen LogP contribution in [0.2, 0.25) is 0 Å². The molecule has 3 N–H and O–H groups in total. The van der Waals surface area contributed by atoms with Gasteiger partial charge in [-0.15, -0.1) is 0 Å². The standard InChI is InChI=1S/C6H7NO3S.FH/c7-5-3-1-2-4-6(5)11(8,9)10;/h1-4H,7H2,(H,8,9,10);1H. The van der Waals surface area contributed by atoms with Gasteiger partial charge in [0.15, 0.2) is 0 Å². The second-order valence-electron chi connectivity index (χ2n) is 2.01. The number of hydrogen-bond acceptors (Lipinski definition) is 3. The van der Waals surface area contributed by atoms with Crippen LogP contribution in [0.4, 0.5) is 10.4 Å². The van der Waals surface area contributed by atoms with Gasteiger partial charge in [0.05, 0.1) is 5.69 Å². The molecule has 0 fully saturated rings. The quantitative estimate of drug-likeness (QED) is 0.507. The first-order chi connectivity index (χ1) is 5.02. The number of rotatable bonds is 1. The summed E-state index contributed by atoms with van der Waals surface area (Å²) in [6, 6.07) is 5.72. The minimum absolute atomic E-state index is 0. The molecule has 0 radical (unpaired) electrons. The van der Waals surface area contributed by atoms with Gasteiger partial charge in [-0.05, 0) is 12.1 Å². The first-order valence-corrected chi connectivity index (χ1v) is 4.28. The molecular weight excluding hydrogens is 185 g/mol. The molecule has 0 heterocycles. The van der Waals surface area contributed by atoms with Crippen LogP contribution in [0.25, 0.3) is 0 Å². The summed E-state index contributed by atoms with van der Waals surface area (Å²) in [7, 11) is -4.16. The van der Waals surface area contributed by atoms with Crippen LogP contribution < -0.4 is 5.73 Å². The maximum atomic E-state index is 10.5. The first-order valence-electron chi connectivity index (χ1n) is 2.84. The van der Waals surface area contributed by atoms with Gasteiger partial charge >= 0.3 is 0 Å². The third kappa shape index (κ3) is 2.18. The molecule has 0 unspecified atom stereocenters. The second-order valence-corrected chi connectivity index (χ2v) is 3.40. The highest BCUT2D eigenvalue weighted by atomic mass is 32.2. The van der Waals surface area contributed by atoms with Crippen LogP contribution in [0.15, 0.2) is 29.2 Å². The number of hydrogen-bond donors (Lipinski definition) is 2. The van der Waals surface area contributed by atoms with Crippen LogP contribution in [0.5, 0.6) is 0 Å². The lowest BCUT2D eigenvalue weighted by atomic mass is 10.3. The van der Waals surface area contributed by atoms with Crippen LogP contribution in [-0.2, 0) is 10.1 Å². The summed E-state index contributed by atoms with van der Waals surface area (Å²) in [4.78, 5) is -0.250.